The summed E-state index contributed by atoms with van der Waals surface area (Å²) >= 11 is 1.90. The molecule has 4 unspecified atom stereocenters. The van der Waals surface area contributed by atoms with E-state index in [9.17, 15) is 4.79 Å². The van der Waals surface area contributed by atoms with E-state index in [4.69, 9.17) is 0 Å². The number of nitrogens with zero attached hydrogens (tertiary/aromatic N) is 1. The molecule has 122 valence electrons. The number of amides is 1. The second kappa shape index (κ2) is 7.87. The molecule has 2 rings (SSSR count). The van der Waals surface area contributed by atoms with Gasteiger partial charge in [-0.25, -0.2) is 0 Å². The second-order valence-electron chi connectivity index (χ2n) is 6.89. The molecule has 0 aromatic heterocycles. The maximum atomic E-state index is 12.8. The van der Waals surface area contributed by atoms with Gasteiger partial charge in [-0.1, -0.05) is 40.0 Å². The molecule has 4 atom stereocenters. The number of hydrogen-bond donors (Lipinski definition) is 1. The van der Waals surface area contributed by atoms with Gasteiger partial charge in [0.1, 0.15) is 0 Å². The average Bonchev–Trinajstić information content (AvgIpc) is 3.12. The van der Waals surface area contributed by atoms with Gasteiger partial charge in [-0.15, -0.1) is 0 Å². The Morgan fingerprint density at radius 2 is 2.00 bits per heavy atom. The lowest BCUT2D eigenvalue weighted by Crippen LogP contribution is -2.43. The van der Waals surface area contributed by atoms with Gasteiger partial charge in [0, 0.05) is 11.8 Å². The van der Waals surface area contributed by atoms with Crippen molar-refractivity contribution in [1.82, 2.24) is 10.2 Å². The highest BCUT2D eigenvalue weighted by molar-refractivity contribution is 7.99. The molecule has 1 saturated heterocycles. The Labute approximate surface area is 134 Å². The molecule has 1 aliphatic carbocycles. The van der Waals surface area contributed by atoms with Crippen LogP contribution in [0.4, 0.5) is 0 Å². The minimum atomic E-state index is 0.0465. The molecule has 0 bridgehead atoms. The molecular weight excluding hydrogens is 280 g/mol. The SMILES string of the molecule is CCC(C)C1NC(C2CCCC2)N(CCC(C)SC)C1=O. The highest BCUT2D eigenvalue weighted by atomic mass is 32.2. The maximum Gasteiger partial charge on any atom is 0.241 e. The molecule has 1 heterocycles. The van der Waals surface area contributed by atoms with Crippen molar-refractivity contribution in [3.05, 3.63) is 0 Å². The van der Waals surface area contributed by atoms with E-state index < -0.39 is 0 Å². The lowest BCUT2D eigenvalue weighted by Gasteiger charge is -2.29. The fraction of sp³-hybridized carbons (Fsp3) is 0.941. The Bertz CT molecular complexity index is 344. The quantitative estimate of drug-likeness (QED) is 0.781. The minimum absolute atomic E-state index is 0.0465. The third kappa shape index (κ3) is 3.95. The number of rotatable bonds is 7. The zero-order valence-electron chi connectivity index (χ0n) is 14.1. The van der Waals surface area contributed by atoms with Crippen LogP contribution in [-0.4, -0.2) is 41.1 Å². The monoisotopic (exact) mass is 312 g/mol. The van der Waals surface area contributed by atoms with Crippen molar-refractivity contribution < 1.29 is 4.79 Å². The van der Waals surface area contributed by atoms with Crippen LogP contribution in [0.1, 0.15) is 59.3 Å². The molecule has 0 aromatic rings. The third-order valence-electron chi connectivity index (χ3n) is 5.47. The zero-order chi connectivity index (χ0) is 15.4. The molecule has 0 radical (unpaired) electrons. The van der Waals surface area contributed by atoms with Gasteiger partial charge in [-0.05, 0) is 37.4 Å². The van der Waals surface area contributed by atoms with Crippen LogP contribution in [-0.2, 0) is 4.79 Å². The zero-order valence-corrected chi connectivity index (χ0v) is 14.9. The highest BCUT2D eigenvalue weighted by Crippen LogP contribution is 2.33. The van der Waals surface area contributed by atoms with Crippen LogP contribution in [0.2, 0.25) is 0 Å². The van der Waals surface area contributed by atoms with Crippen molar-refractivity contribution in [3.8, 4) is 0 Å². The molecule has 21 heavy (non-hydrogen) atoms. The third-order valence-corrected chi connectivity index (χ3v) is 6.51. The van der Waals surface area contributed by atoms with E-state index in [1.54, 1.807) is 0 Å². The fourth-order valence-electron chi connectivity index (χ4n) is 3.66. The van der Waals surface area contributed by atoms with E-state index in [1.807, 2.05) is 11.8 Å². The van der Waals surface area contributed by atoms with Crippen molar-refractivity contribution in [2.24, 2.45) is 11.8 Å². The summed E-state index contributed by atoms with van der Waals surface area (Å²) in [6.45, 7) is 7.56. The van der Waals surface area contributed by atoms with Crippen molar-refractivity contribution in [3.63, 3.8) is 0 Å². The van der Waals surface area contributed by atoms with E-state index in [-0.39, 0.29) is 6.04 Å². The average molecular weight is 313 g/mol. The summed E-state index contributed by atoms with van der Waals surface area (Å²) in [6.07, 6.45) is 9.86. The molecule has 0 spiro atoms. The molecule has 1 amide bonds. The van der Waals surface area contributed by atoms with E-state index >= 15 is 0 Å². The summed E-state index contributed by atoms with van der Waals surface area (Å²) in [5, 5.41) is 4.32. The molecule has 2 fully saturated rings. The molecular formula is C17H32N2OS. The summed E-state index contributed by atoms with van der Waals surface area (Å²) in [4.78, 5) is 15.0. The first kappa shape index (κ1) is 17.1. The fourth-order valence-corrected chi connectivity index (χ4v) is 4.00. The molecule has 1 N–H and O–H groups in total. The summed E-state index contributed by atoms with van der Waals surface area (Å²) in [6, 6.07) is 0.0465. The van der Waals surface area contributed by atoms with Gasteiger partial charge < -0.3 is 4.90 Å². The van der Waals surface area contributed by atoms with Gasteiger partial charge in [0.2, 0.25) is 5.91 Å². The topological polar surface area (TPSA) is 32.3 Å². The Morgan fingerprint density at radius 1 is 1.33 bits per heavy atom. The van der Waals surface area contributed by atoms with Gasteiger partial charge in [0.05, 0.1) is 12.2 Å². The number of nitrogens with one attached hydrogen (secondary N) is 1. The summed E-state index contributed by atoms with van der Waals surface area (Å²) in [7, 11) is 0. The van der Waals surface area contributed by atoms with Gasteiger partial charge in [0.15, 0.2) is 0 Å². The Morgan fingerprint density at radius 3 is 2.57 bits per heavy atom. The Balaban J connectivity index is 2.05. The number of thioether (sulfide) groups is 1. The van der Waals surface area contributed by atoms with Crippen molar-refractivity contribution in [1.29, 1.82) is 0 Å². The van der Waals surface area contributed by atoms with Crippen LogP contribution in [0.25, 0.3) is 0 Å². The predicted octanol–water partition coefficient (Wildman–Crippen LogP) is 3.49. The second-order valence-corrected chi connectivity index (χ2v) is 8.16. The largest absolute Gasteiger partial charge is 0.325 e. The molecule has 4 heteroatoms. The van der Waals surface area contributed by atoms with Crippen LogP contribution < -0.4 is 5.32 Å². The van der Waals surface area contributed by atoms with Gasteiger partial charge >= 0.3 is 0 Å². The van der Waals surface area contributed by atoms with Gasteiger partial charge in [-0.3, -0.25) is 10.1 Å². The predicted molar refractivity (Wildman–Crippen MR) is 91.4 cm³/mol. The van der Waals surface area contributed by atoms with Crippen LogP contribution in [0.3, 0.4) is 0 Å². The first-order valence-electron chi connectivity index (χ1n) is 8.67. The maximum absolute atomic E-state index is 12.8. The molecule has 1 saturated carbocycles. The number of carbonyl (C=O) groups excluding carboxylic acids is 1. The van der Waals surface area contributed by atoms with Gasteiger partial charge in [0.25, 0.3) is 0 Å². The molecule has 0 aromatic carbocycles. The molecule has 1 aliphatic heterocycles. The summed E-state index contributed by atoms with van der Waals surface area (Å²) in [5.41, 5.74) is 0. The Hall–Kier alpha value is -0.220. The van der Waals surface area contributed by atoms with E-state index in [0.717, 1.165) is 19.4 Å². The van der Waals surface area contributed by atoms with E-state index in [1.165, 1.54) is 25.7 Å². The Kier molecular flexibility index (Phi) is 6.42. The first-order valence-corrected chi connectivity index (χ1v) is 9.96. The standard InChI is InChI=1S/C17H32N2OS/c1-5-12(2)15-17(20)19(11-10-13(3)21-4)16(18-15)14-8-6-7-9-14/h12-16,18H,5-11H2,1-4H3. The van der Waals surface area contributed by atoms with Crippen LogP contribution in [0.5, 0.6) is 0 Å². The van der Waals surface area contributed by atoms with Crippen molar-refractivity contribution in [2.45, 2.75) is 76.8 Å². The summed E-state index contributed by atoms with van der Waals surface area (Å²) in [5.74, 6) is 1.46. The molecule has 2 aliphatic rings. The van der Waals surface area contributed by atoms with Crippen molar-refractivity contribution >= 4 is 17.7 Å². The first-order chi connectivity index (χ1) is 10.1. The van der Waals surface area contributed by atoms with Crippen LogP contribution >= 0.6 is 11.8 Å². The van der Waals surface area contributed by atoms with Crippen LogP contribution in [0.15, 0.2) is 0 Å². The van der Waals surface area contributed by atoms with E-state index in [2.05, 4.69) is 37.2 Å². The van der Waals surface area contributed by atoms with Crippen LogP contribution in [0, 0.1) is 11.8 Å². The lowest BCUT2D eigenvalue weighted by molar-refractivity contribution is -0.131. The highest BCUT2D eigenvalue weighted by Gasteiger charge is 2.44. The normalized spacial score (nSPS) is 30.1. The summed E-state index contributed by atoms with van der Waals surface area (Å²) < 4.78 is 0. The smallest absolute Gasteiger partial charge is 0.241 e. The number of carbonyl (C=O) groups is 1. The number of hydrogen-bond acceptors (Lipinski definition) is 3. The lowest BCUT2D eigenvalue weighted by atomic mass is 9.99. The van der Waals surface area contributed by atoms with Gasteiger partial charge in [-0.2, -0.15) is 11.8 Å². The van der Waals surface area contributed by atoms with E-state index in [0.29, 0.717) is 29.2 Å². The molecule has 3 nitrogen and oxygen atoms in total. The van der Waals surface area contributed by atoms with Crippen molar-refractivity contribution in [2.75, 3.05) is 12.8 Å². The minimum Gasteiger partial charge on any atom is -0.325 e.